The summed E-state index contributed by atoms with van der Waals surface area (Å²) in [4.78, 5) is 25.8. The highest BCUT2D eigenvalue weighted by Gasteiger charge is 2.28. The Hall–Kier alpha value is -2.87. The summed E-state index contributed by atoms with van der Waals surface area (Å²) in [5.74, 6) is -0.280. The maximum atomic E-state index is 12.8. The molecule has 28 heavy (non-hydrogen) atoms. The molecule has 2 amide bonds. The van der Waals surface area contributed by atoms with Gasteiger partial charge in [0.1, 0.15) is 0 Å². The highest BCUT2D eigenvalue weighted by molar-refractivity contribution is 7.93. The Morgan fingerprint density at radius 1 is 1.14 bits per heavy atom. The number of para-hydroxylation sites is 1. The lowest BCUT2D eigenvalue weighted by atomic mass is 10.1. The Balaban J connectivity index is 1.81. The topological polar surface area (TPSA) is 86.8 Å². The van der Waals surface area contributed by atoms with Crippen LogP contribution in [0.2, 0.25) is 0 Å². The van der Waals surface area contributed by atoms with Gasteiger partial charge >= 0.3 is 0 Å². The second kappa shape index (κ2) is 8.02. The molecule has 148 valence electrons. The maximum absolute atomic E-state index is 12.8. The Labute approximate surface area is 165 Å². The van der Waals surface area contributed by atoms with Crippen molar-refractivity contribution in [3.05, 3.63) is 59.7 Å². The first-order chi connectivity index (χ1) is 13.3. The summed E-state index contributed by atoms with van der Waals surface area (Å²) in [6, 6.07) is 13.9. The molecule has 1 N–H and O–H groups in total. The van der Waals surface area contributed by atoms with Crippen molar-refractivity contribution in [2.75, 3.05) is 29.0 Å². The van der Waals surface area contributed by atoms with E-state index in [0.29, 0.717) is 36.4 Å². The highest BCUT2D eigenvalue weighted by Crippen LogP contribution is 2.25. The first-order valence-corrected chi connectivity index (χ1v) is 10.6. The Morgan fingerprint density at radius 2 is 1.89 bits per heavy atom. The van der Waals surface area contributed by atoms with Crippen LogP contribution in [0.25, 0.3) is 0 Å². The second-order valence-electron chi connectivity index (χ2n) is 6.78. The summed E-state index contributed by atoms with van der Waals surface area (Å²) in [6.07, 6.45) is 0.579. The van der Waals surface area contributed by atoms with Gasteiger partial charge in [-0.05, 0) is 36.2 Å². The molecule has 2 aromatic carbocycles. The van der Waals surface area contributed by atoms with Gasteiger partial charge in [0.05, 0.1) is 11.4 Å². The van der Waals surface area contributed by atoms with Crippen molar-refractivity contribution >= 4 is 33.2 Å². The van der Waals surface area contributed by atoms with Crippen molar-refractivity contribution in [3.8, 4) is 0 Å². The molecule has 0 atom stereocenters. The number of nitrogens with zero attached hydrogens (tertiary/aromatic N) is 2. The van der Waals surface area contributed by atoms with Gasteiger partial charge in [-0.1, -0.05) is 24.3 Å². The van der Waals surface area contributed by atoms with E-state index in [1.165, 1.54) is 11.2 Å². The summed E-state index contributed by atoms with van der Waals surface area (Å²) in [6.45, 7) is 2.28. The first-order valence-electron chi connectivity index (χ1n) is 8.99. The van der Waals surface area contributed by atoms with Crippen LogP contribution in [0.3, 0.4) is 0 Å². The summed E-state index contributed by atoms with van der Waals surface area (Å²) in [7, 11) is -1.61. The third kappa shape index (κ3) is 4.33. The Morgan fingerprint density at radius 3 is 2.57 bits per heavy atom. The summed E-state index contributed by atoms with van der Waals surface area (Å²) in [5, 5.41) is 2.86. The van der Waals surface area contributed by atoms with E-state index >= 15 is 0 Å². The normalized spacial score (nSPS) is 15.3. The number of carbonyl (C=O) groups excluding carboxylic acids is 2. The van der Waals surface area contributed by atoms with E-state index in [4.69, 9.17) is 0 Å². The predicted molar refractivity (Wildman–Crippen MR) is 109 cm³/mol. The van der Waals surface area contributed by atoms with Gasteiger partial charge in [0.25, 0.3) is 5.91 Å². The average Bonchev–Trinajstić information content (AvgIpc) is 3.02. The number of carbonyl (C=O) groups is 2. The van der Waals surface area contributed by atoms with Crippen LogP contribution in [0.15, 0.2) is 48.5 Å². The maximum Gasteiger partial charge on any atom is 0.255 e. The van der Waals surface area contributed by atoms with Crippen LogP contribution in [0.5, 0.6) is 0 Å². The number of hydrogen-bond acceptors (Lipinski definition) is 4. The number of nitrogens with one attached hydrogen (secondary N) is 1. The van der Waals surface area contributed by atoms with Crippen LogP contribution >= 0.6 is 0 Å². The Kier molecular flexibility index (Phi) is 5.69. The van der Waals surface area contributed by atoms with E-state index in [2.05, 4.69) is 5.32 Å². The van der Waals surface area contributed by atoms with Gasteiger partial charge in [-0.2, -0.15) is 0 Å². The zero-order valence-corrected chi connectivity index (χ0v) is 16.7. The molecule has 1 aliphatic heterocycles. The molecule has 3 rings (SSSR count). The van der Waals surface area contributed by atoms with Gasteiger partial charge < -0.3 is 10.2 Å². The average molecular weight is 401 g/mol. The van der Waals surface area contributed by atoms with E-state index < -0.39 is 10.0 Å². The van der Waals surface area contributed by atoms with E-state index in [0.717, 1.165) is 5.56 Å². The monoisotopic (exact) mass is 401 g/mol. The first kappa shape index (κ1) is 19.9. The van der Waals surface area contributed by atoms with E-state index in [-0.39, 0.29) is 17.6 Å². The van der Waals surface area contributed by atoms with E-state index in [1.54, 1.807) is 48.3 Å². The number of benzene rings is 2. The molecule has 0 radical (unpaired) electrons. The van der Waals surface area contributed by atoms with Gasteiger partial charge in [-0.3, -0.25) is 13.9 Å². The van der Waals surface area contributed by atoms with Gasteiger partial charge in [0, 0.05) is 38.3 Å². The fourth-order valence-electron chi connectivity index (χ4n) is 3.07. The molecule has 0 spiro atoms. The molecule has 7 nitrogen and oxygen atoms in total. The Bertz CT molecular complexity index is 1000. The van der Waals surface area contributed by atoms with Crippen LogP contribution in [-0.4, -0.2) is 44.5 Å². The zero-order chi connectivity index (χ0) is 20.3. The summed E-state index contributed by atoms with van der Waals surface area (Å²) in [5.41, 5.74) is 2.29. The predicted octanol–water partition coefficient (Wildman–Crippen LogP) is 2.46. The second-order valence-corrected chi connectivity index (χ2v) is 8.79. The van der Waals surface area contributed by atoms with Crippen molar-refractivity contribution in [2.24, 2.45) is 0 Å². The van der Waals surface area contributed by atoms with Crippen LogP contribution in [0.4, 0.5) is 11.4 Å². The van der Waals surface area contributed by atoms with E-state index in [9.17, 15) is 18.0 Å². The highest BCUT2D eigenvalue weighted by atomic mass is 32.2. The SMILES string of the molecule is CC(=O)N(C)Cc1ccccc1NC(=O)c1cccc(N2CCCS2(=O)=O)c1. The minimum absolute atomic E-state index is 0.0688. The number of anilines is 2. The fraction of sp³-hybridized carbons (Fsp3) is 0.300. The summed E-state index contributed by atoms with van der Waals surface area (Å²) >= 11 is 0. The molecular formula is C20H23N3O4S. The minimum Gasteiger partial charge on any atom is -0.342 e. The van der Waals surface area contributed by atoms with Crippen molar-refractivity contribution in [1.82, 2.24) is 4.90 Å². The number of rotatable bonds is 5. The van der Waals surface area contributed by atoms with Gasteiger partial charge in [-0.15, -0.1) is 0 Å². The lowest BCUT2D eigenvalue weighted by Gasteiger charge is -2.19. The van der Waals surface area contributed by atoms with Gasteiger partial charge in [0.15, 0.2) is 0 Å². The molecule has 1 fully saturated rings. The third-order valence-electron chi connectivity index (χ3n) is 4.71. The minimum atomic E-state index is -3.31. The molecule has 2 aromatic rings. The molecule has 0 aliphatic carbocycles. The zero-order valence-electron chi connectivity index (χ0n) is 15.9. The van der Waals surface area contributed by atoms with Crippen LogP contribution in [0.1, 0.15) is 29.3 Å². The number of amides is 2. The summed E-state index contributed by atoms with van der Waals surface area (Å²) < 4.78 is 25.6. The van der Waals surface area contributed by atoms with Gasteiger partial charge in [-0.25, -0.2) is 8.42 Å². The van der Waals surface area contributed by atoms with Crippen LogP contribution < -0.4 is 9.62 Å². The van der Waals surface area contributed by atoms with Crippen LogP contribution in [0, 0.1) is 0 Å². The molecule has 8 heteroatoms. The van der Waals surface area contributed by atoms with E-state index in [1.807, 2.05) is 12.1 Å². The van der Waals surface area contributed by atoms with Crippen molar-refractivity contribution in [3.63, 3.8) is 0 Å². The molecule has 1 saturated heterocycles. The molecule has 0 aromatic heterocycles. The molecule has 1 aliphatic rings. The van der Waals surface area contributed by atoms with Gasteiger partial charge in [0.2, 0.25) is 15.9 Å². The molecular weight excluding hydrogens is 378 g/mol. The molecule has 0 saturated carbocycles. The fourth-order valence-corrected chi connectivity index (χ4v) is 4.63. The number of hydrogen-bond donors (Lipinski definition) is 1. The quantitative estimate of drug-likeness (QED) is 0.834. The largest absolute Gasteiger partial charge is 0.342 e. The number of sulfonamides is 1. The van der Waals surface area contributed by atoms with Crippen molar-refractivity contribution < 1.29 is 18.0 Å². The molecule has 0 unspecified atom stereocenters. The molecule has 1 heterocycles. The standard InChI is InChI=1S/C20H23N3O4S/c1-15(24)22(2)14-17-7-3-4-10-19(17)21-20(25)16-8-5-9-18(13-16)23-11-6-12-28(23,26)27/h3-5,7-10,13H,6,11-12,14H2,1-2H3,(H,21,25). The smallest absolute Gasteiger partial charge is 0.255 e. The van der Waals surface area contributed by atoms with Crippen molar-refractivity contribution in [1.29, 1.82) is 0 Å². The lowest BCUT2D eigenvalue weighted by Crippen LogP contribution is -2.25. The molecule has 0 bridgehead atoms. The van der Waals surface area contributed by atoms with Crippen molar-refractivity contribution in [2.45, 2.75) is 19.9 Å². The lowest BCUT2D eigenvalue weighted by molar-refractivity contribution is -0.128. The van der Waals surface area contributed by atoms with Crippen LogP contribution in [-0.2, 0) is 21.4 Å². The third-order valence-corrected chi connectivity index (χ3v) is 6.58.